The van der Waals surface area contributed by atoms with Crippen LogP contribution in [0.25, 0.3) is 0 Å². The summed E-state index contributed by atoms with van der Waals surface area (Å²) in [5, 5.41) is 16.5. The van der Waals surface area contributed by atoms with Crippen LogP contribution < -0.4 is 10.6 Å². The van der Waals surface area contributed by atoms with Gasteiger partial charge in [0.2, 0.25) is 0 Å². The molecule has 0 spiro atoms. The van der Waals surface area contributed by atoms with Gasteiger partial charge in [0.15, 0.2) is 5.96 Å². The Morgan fingerprint density at radius 2 is 2.03 bits per heavy atom. The summed E-state index contributed by atoms with van der Waals surface area (Å²) in [6.07, 6.45) is 2.87. The summed E-state index contributed by atoms with van der Waals surface area (Å²) in [4.78, 5) is 7.03. The Labute approximate surface area is 198 Å². The van der Waals surface area contributed by atoms with Crippen LogP contribution in [-0.4, -0.2) is 68.5 Å². The largest absolute Gasteiger partial charge is 0.396 e. The zero-order valence-electron chi connectivity index (χ0n) is 18.7. The maximum Gasteiger partial charge on any atom is 0.191 e. The van der Waals surface area contributed by atoms with Gasteiger partial charge in [0.25, 0.3) is 0 Å². The van der Waals surface area contributed by atoms with Crippen LogP contribution in [0.5, 0.6) is 0 Å². The molecule has 2 heterocycles. The number of aliphatic imine (C=N–C) groups is 1. The molecule has 1 aromatic carbocycles. The quantitative estimate of drug-likeness (QED) is 0.274. The summed E-state index contributed by atoms with van der Waals surface area (Å²) in [5.41, 5.74) is 2.96. The second kappa shape index (κ2) is 12.2. The van der Waals surface area contributed by atoms with Crippen LogP contribution in [0, 0.1) is 11.3 Å². The van der Waals surface area contributed by atoms with E-state index < -0.39 is 0 Å². The van der Waals surface area contributed by atoms with Crippen molar-refractivity contribution in [1.29, 1.82) is 0 Å². The predicted octanol–water partition coefficient (Wildman–Crippen LogP) is 2.64. The van der Waals surface area contributed by atoms with Crippen molar-refractivity contribution in [3.8, 4) is 0 Å². The van der Waals surface area contributed by atoms with E-state index in [1.807, 2.05) is 7.05 Å². The average Bonchev–Trinajstić information content (AvgIpc) is 3.19. The molecule has 0 amide bonds. The number of fused-ring (bicyclic) bond motifs is 1. The lowest BCUT2D eigenvalue weighted by Gasteiger charge is -2.38. The fraction of sp³-hybridized carbons (Fsp3) is 0.696. The van der Waals surface area contributed by atoms with E-state index in [2.05, 4.69) is 58.6 Å². The fourth-order valence-electron chi connectivity index (χ4n) is 4.59. The Kier molecular flexibility index (Phi) is 10.3. The Morgan fingerprint density at radius 1 is 1.27 bits per heavy atom. The predicted molar refractivity (Wildman–Crippen MR) is 134 cm³/mol. The summed E-state index contributed by atoms with van der Waals surface area (Å²) in [7, 11) is 1.82. The number of guanidine groups is 1. The molecule has 0 saturated carbocycles. The van der Waals surface area contributed by atoms with Crippen LogP contribution in [0.2, 0.25) is 0 Å². The lowest BCUT2D eigenvalue weighted by molar-refractivity contribution is 0.127. The number of nitrogens with zero attached hydrogens (tertiary/aromatic N) is 2. The van der Waals surface area contributed by atoms with Gasteiger partial charge in [0.1, 0.15) is 0 Å². The molecule has 2 aliphatic heterocycles. The van der Waals surface area contributed by atoms with E-state index >= 15 is 0 Å². The molecule has 2 unspecified atom stereocenters. The van der Waals surface area contributed by atoms with E-state index in [0.29, 0.717) is 18.6 Å². The normalized spacial score (nSPS) is 23.0. The van der Waals surface area contributed by atoms with Crippen molar-refractivity contribution >= 4 is 29.9 Å². The molecule has 0 aliphatic carbocycles. The van der Waals surface area contributed by atoms with Gasteiger partial charge in [0.05, 0.1) is 6.61 Å². The van der Waals surface area contributed by atoms with Gasteiger partial charge in [0, 0.05) is 57.9 Å². The van der Waals surface area contributed by atoms with Gasteiger partial charge in [-0.2, -0.15) is 0 Å². The van der Waals surface area contributed by atoms with Crippen molar-refractivity contribution in [2.24, 2.45) is 16.3 Å². The molecule has 3 N–H and O–H groups in total. The highest BCUT2D eigenvalue weighted by molar-refractivity contribution is 14.0. The van der Waals surface area contributed by atoms with Gasteiger partial charge in [-0.3, -0.25) is 9.89 Å². The fourth-order valence-corrected chi connectivity index (χ4v) is 4.59. The number of nitrogens with one attached hydrogen (secondary N) is 2. The standard InChI is InChI=1S/C23H38N4O2.HI/c1-18(2)21(27-11-8-19-6-4-5-7-20(19)15-27)14-25-22(24-3)26-16-23(9-12-28)10-13-29-17-23;/h4-7,18,21,28H,8-17H2,1-3H3,(H2,24,25,26);1H. The summed E-state index contributed by atoms with van der Waals surface area (Å²) >= 11 is 0. The van der Waals surface area contributed by atoms with Gasteiger partial charge in [-0.15, -0.1) is 24.0 Å². The molecule has 1 fully saturated rings. The molecule has 1 saturated heterocycles. The molecule has 2 atom stereocenters. The van der Waals surface area contributed by atoms with Crippen molar-refractivity contribution in [2.45, 2.75) is 45.7 Å². The first-order chi connectivity index (χ1) is 14.1. The zero-order chi connectivity index (χ0) is 20.7. The lowest BCUT2D eigenvalue weighted by atomic mass is 9.84. The van der Waals surface area contributed by atoms with E-state index in [9.17, 15) is 5.11 Å². The second-order valence-corrected chi connectivity index (χ2v) is 8.88. The minimum Gasteiger partial charge on any atom is -0.396 e. The highest BCUT2D eigenvalue weighted by Crippen LogP contribution is 2.31. The number of rotatable bonds is 8. The van der Waals surface area contributed by atoms with Crippen molar-refractivity contribution in [3.05, 3.63) is 35.4 Å². The van der Waals surface area contributed by atoms with Crippen molar-refractivity contribution < 1.29 is 9.84 Å². The minimum atomic E-state index is 0. The first-order valence-corrected chi connectivity index (χ1v) is 11.0. The van der Waals surface area contributed by atoms with Crippen LogP contribution in [0.15, 0.2) is 29.3 Å². The van der Waals surface area contributed by atoms with Crippen LogP contribution in [0.3, 0.4) is 0 Å². The van der Waals surface area contributed by atoms with E-state index in [1.54, 1.807) is 0 Å². The SMILES string of the molecule is CN=C(NCC(C(C)C)N1CCc2ccccc2C1)NCC1(CCO)CCOC1.I. The van der Waals surface area contributed by atoms with Crippen LogP contribution in [-0.2, 0) is 17.7 Å². The molecular weight excluding hydrogens is 491 g/mol. The second-order valence-electron chi connectivity index (χ2n) is 8.88. The number of aliphatic hydroxyl groups is 1. The number of aliphatic hydroxyl groups excluding tert-OH is 1. The highest BCUT2D eigenvalue weighted by atomic mass is 127. The van der Waals surface area contributed by atoms with E-state index in [-0.39, 0.29) is 36.0 Å². The van der Waals surface area contributed by atoms with Gasteiger partial charge in [-0.05, 0) is 36.3 Å². The van der Waals surface area contributed by atoms with Crippen molar-refractivity contribution in [2.75, 3.05) is 46.5 Å². The summed E-state index contributed by atoms with van der Waals surface area (Å²) < 4.78 is 5.60. The topological polar surface area (TPSA) is 69.1 Å². The maximum atomic E-state index is 9.43. The Hall–Kier alpha value is -0.900. The highest BCUT2D eigenvalue weighted by Gasteiger charge is 2.34. The maximum absolute atomic E-state index is 9.43. The van der Waals surface area contributed by atoms with Crippen LogP contribution >= 0.6 is 24.0 Å². The summed E-state index contributed by atoms with van der Waals surface area (Å²) in [6, 6.07) is 9.26. The van der Waals surface area contributed by atoms with E-state index in [1.165, 1.54) is 11.1 Å². The average molecular weight is 530 g/mol. The number of halogens is 1. The van der Waals surface area contributed by atoms with Crippen molar-refractivity contribution in [1.82, 2.24) is 15.5 Å². The molecule has 7 heteroatoms. The first kappa shape index (κ1) is 25.4. The third kappa shape index (κ3) is 6.55. The van der Waals surface area contributed by atoms with Crippen molar-refractivity contribution in [3.63, 3.8) is 0 Å². The Balaban J connectivity index is 0.00000320. The minimum absolute atomic E-state index is 0. The molecule has 0 aromatic heterocycles. The van der Waals surface area contributed by atoms with E-state index in [0.717, 1.165) is 58.0 Å². The van der Waals surface area contributed by atoms with Crippen LogP contribution in [0.4, 0.5) is 0 Å². The molecule has 0 bridgehead atoms. The van der Waals surface area contributed by atoms with Gasteiger partial charge >= 0.3 is 0 Å². The number of benzene rings is 1. The third-order valence-corrected chi connectivity index (χ3v) is 6.56. The molecule has 1 aromatic rings. The number of ether oxygens (including phenoxy) is 1. The third-order valence-electron chi connectivity index (χ3n) is 6.56. The molecule has 3 rings (SSSR count). The molecule has 30 heavy (non-hydrogen) atoms. The number of hydrogen-bond donors (Lipinski definition) is 3. The van der Waals surface area contributed by atoms with E-state index in [4.69, 9.17) is 4.74 Å². The molecule has 0 radical (unpaired) electrons. The zero-order valence-corrected chi connectivity index (χ0v) is 21.0. The smallest absolute Gasteiger partial charge is 0.191 e. The lowest BCUT2D eigenvalue weighted by Crippen LogP contribution is -2.52. The van der Waals surface area contributed by atoms with Crippen LogP contribution in [0.1, 0.15) is 37.8 Å². The number of hydrogen-bond acceptors (Lipinski definition) is 4. The summed E-state index contributed by atoms with van der Waals surface area (Å²) in [5.74, 6) is 1.38. The Bertz CT molecular complexity index is 677. The molecule has 170 valence electrons. The monoisotopic (exact) mass is 530 g/mol. The molecule has 6 nitrogen and oxygen atoms in total. The first-order valence-electron chi connectivity index (χ1n) is 11.0. The summed E-state index contributed by atoms with van der Waals surface area (Å²) in [6.45, 7) is 10.0. The Morgan fingerprint density at radius 3 is 2.67 bits per heavy atom. The molecular formula is C23H39IN4O2. The van der Waals surface area contributed by atoms with Gasteiger partial charge < -0.3 is 20.5 Å². The molecule has 2 aliphatic rings. The van der Waals surface area contributed by atoms with Gasteiger partial charge in [-0.25, -0.2) is 0 Å². The van der Waals surface area contributed by atoms with Gasteiger partial charge in [-0.1, -0.05) is 38.1 Å².